The summed E-state index contributed by atoms with van der Waals surface area (Å²) in [5, 5.41) is 10.8. The topological polar surface area (TPSA) is 63.2 Å². The Kier molecular flexibility index (Phi) is 3.33. The van der Waals surface area contributed by atoms with Gasteiger partial charge in [0.05, 0.1) is 24.7 Å². The van der Waals surface area contributed by atoms with Gasteiger partial charge in [-0.25, -0.2) is 0 Å². The van der Waals surface area contributed by atoms with Gasteiger partial charge < -0.3 is 9.15 Å². The largest absolute Gasteiger partial charge is 0.466 e. The van der Waals surface area contributed by atoms with E-state index < -0.39 is 0 Å². The molecule has 4 nitrogen and oxygen atoms in total. The standard InChI is InChI=1S/C17H13NO3/c1-2-20-16(19)9-12-4-3-5-15-17(12)13-8-11(10-18)6-7-14(13)21-15/h3-8H,2,9H2,1H3. The number of carbonyl (C=O) groups excluding carboxylic acids is 1. The summed E-state index contributed by atoms with van der Waals surface area (Å²) in [5.41, 5.74) is 2.83. The first-order valence-electron chi connectivity index (χ1n) is 6.73. The quantitative estimate of drug-likeness (QED) is 0.688. The van der Waals surface area contributed by atoms with Gasteiger partial charge in [-0.1, -0.05) is 12.1 Å². The predicted octanol–water partition coefficient (Wildman–Crippen LogP) is 3.56. The molecule has 0 bridgehead atoms. The number of hydrogen-bond donors (Lipinski definition) is 0. The van der Waals surface area contributed by atoms with Crippen LogP contribution in [0.15, 0.2) is 40.8 Å². The van der Waals surface area contributed by atoms with E-state index in [0.717, 1.165) is 16.3 Å². The van der Waals surface area contributed by atoms with Gasteiger partial charge >= 0.3 is 5.97 Å². The molecule has 0 amide bonds. The number of nitrogens with zero attached hydrogens (tertiary/aromatic N) is 1. The summed E-state index contributed by atoms with van der Waals surface area (Å²) in [6.07, 6.45) is 0.191. The first kappa shape index (κ1) is 13.2. The zero-order chi connectivity index (χ0) is 14.8. The first-order chi connectivity index (χ1) is 10.2. The molecule has 0 unspecified atom stereocenters. The number of carbonyl (C=O) groups is 1. The van der Waals surface area contributed by atoms with Crippen LogP contribution in [0.5, 0.6) is 0 Å². The Morgan fingerprint density at radius 2 is 2.14 bits per heavy atom. The highest BCUT2D eigenvalue weighted by Gasteiger charge is 2.14. The molecule has 0 radical (unpaired) electrons. The van der Waals surface area contributed by atoms with Crippen LogP contribution in [-0.2, 0) is 16.0 Å². The number of hydrogen-bond acceptors (Lipinski definition) is 4. The summed E-state index contributed by atoms with van der Waals surface area (Å²) >= 11 is 0. The van der Waals surface area contributed by atoms with Gasteiger partial charge in [-0.05, 0) is 36.8 Å². The van der Waals surface area contributed by atoms with Crippen LogP contribution in [0.2, 0.25) is 0 Å². The summed E-state index contributed by atoms with van der Waals surface area (Å²) in [4.78, 5) is 11.7. The van der Waals surface area contributed by atoms with Crippen LogP contribution in [0.1, 0.15) is 18.1 Å². The SMILES string of the molecule is CCOC(=O)Cc1cccc2oc3ccc(C#N)cc3c12. The molecular weight excluding hydrogens is 266 g/mol. The van der Waals surface area contributed by atoms with Crippen molar-refractivity contribution in [2.75, 3.05) is 6.61 Å². The monoisotopic (exact) mass is 279 g/mol. The minimum atomic E-state index is -0.268. The summed E-state index contributed by atoms with van der Waals surface area (Å²) < 4.78 is 10.8. The van der Waals surface area contributed by atoms with Gasteiger partial charge in [-0.3, -0.25) is 4.79 Å². The lowest BCUT2D eigenvalue weighted by atomic mass is 10.0. The Balaban J connectivity index is 2.20. The first-order valence-corrected chi connectivity index (χ1v) is 6.73. The average Bonchev–Trinajstić information content (AvgIpc) is 2.85. The smallest absolute Gasteiger partial charge is 0.310 e. The third-order valence-corrected chi connectivity index (χ3v) is 3.35. The van der Waals surface area contributed by atoms with Crippen molar-refractivity contribution in [3.05, 3.63) is 47.5 Å². The van der Waals surface area contributed by atoms with Crippen molar-refractivity contribution in [3.63, 3.8) is 0 Å². The number of rotatable bonds is 3. The molecule has 104 valence electrons. The van der Waals surface area contributed by atoms with Gasteiger partial charge in [0.15, 0.2) is 0 Å². The average molecular weight is 279 g/mol. The van der Waals surface area contributed by atoms with E-state index in [9.17, 15) is 4.79 Å². The fourth-order valence-corrected chi connectivity index (χ4v) is 2.48. The van der Waals surface area contributed by atoms with Gasteiger partial charge in [-0.2, -0.15) is 5.26 Å². The van der Waals surface area contributed by atoms with Crippen LogP contribution in [0.4, 0.5) is 0 Å². The Morgan fingerprint density at radius 3 is 2.90 bits per heavy atom. The van der Waals surface area contributed by atoms with Gasteiger partial charge in [0, 0.05) is 10.8 Å². The maximum atomic E-state index is 11.7. The fraction of sp³-hybridized carbons (Fsp3) is 0.176. The highest BCUT2D eigenvalue weighted by molar-refractivity contribution is 6.07. The Bertz CT molecular complexity index is 871. The molecule has 0 atom stereocenters. The lowest BCUT2D eigenvalue weighted by Gasteiger charge is -2.03. The summed E-state index contributed by atoms with van der Waals surface area (Å²) in [7, 11) is 0. The molecule has 3 rings (SSSR count). The van der Waals surface area contributed by atoms with Gasteiger partial charge in [0.1, 0.15) is 11.2 Å². The van der Waals surface area contributed by atoms with Crippen LogP contribution in [0.3, 0.4) is 0 Å². The van der Waals surface area contributed by atoms with E-state index in [1.807, 2.05) is 18.2 Å². The molecule has 0 aliphatic carbocycles. The molecule has 3 aromatic rings. The molecule has 1 aromatic heterocycles. The molecule has 2 aromatic carbocycles. The molecule has 1 heterocycles. The second kappa shape index (κ2) is 5.29. The molecule has 0 saturated heterocycles. The van der Waals surface area contributed by atoms with Crippen molar-refractivity contribution in [3.8, 4) is 6.07 Å². The van der Waals surface area contributed by atoms with Crippen molar-refractivity contribution in [1.82, 2.24) is 0 Å². The number of furan rings is 1. The third-order valence-electron chi connectivity index (χ3n) is 3.35. The minimum absolute atomic E-state index is 0.191. The molecule has 0 spiro atoms. The normalized spacial score (nSPS) is 10.7. The van der Waals surface area contributed by atoms with Gasteiger partial charge in [0.25, 0.3) is 0 Å². The Labute approximate surface area is 121 Å². The fourth-order valence-electron chi connectivity index (χ4n) is 2.48. The van der Waals surface area contributed by atoms with E-state index in [1.54, 1.807) is 25.1 Å². The second-order valence-electron chi connectivity index (χ2n) is 4.70. The number of benzene rings is 2. The molecule has 0 saturated carbocycles. The molecule has 21 heavy (non-hydrogen) atoms. The summed E-state index contributed by atoms with van der Waals surface area (Å²) in [5.74, 6) is -0.268. The van der Waals surface area contributed by atoms with Crippen LogP contribution >= 0.6 is 0 Å². The van der Waals surface area contributed by atoms with Crippen molar-refractivity contribution in [1.29, 1.82) is 5.26 Å². The molecular formula is C17H13NO3. The second-order valence-corrected chi connectivity index (χ2v) is 4.70. The van der Waals surface area contributed by atoms with Crippen LogP contribution in [0, 0.1) is 11.3 Å². The van der Waals surface area contributed by atoms with Crippen molar-refractivity contribution < 1.29 is 13.9 Å². The number of fused-ring (bicyclic) bond motifs is 3. The molecule has 0 fully saturated rings. The predicted molar refractivity (Wildman–Crippen MR) is 78.8 cm³/mol. The van der Waals surface area contributed by atoms with Gasteiger partial charge in [-0.15, -0.1) is 0 Å². The van der Waals surface area contributed by atoms with Crippen molar-refractivity contribution in [2.24, 2.45) is 0 Å². The van der Waals surface area contributed by atoms with Crippen molar-refractivity contribution >= 4 is 27.9 Å². The molecule has 0 N–H and O–H groups in total. The molecule has 0 aliphatic heterocycles. The minimum Gasteiger partial charge on any atom is -0.466 e. The summed E-state index contributed by atoms with van der Waals surface area (Å²) in [6, 6.07) is 13.0. The zero-order valence-corrected chi connectivity index (χ0v) is 11.6. The zero-order valence-electron chi connectivity index (χ0n) is 11.6. The van der Waals surface area contributed by atoms with Crippen molar-refractivity contribution in [2.45, 2.75) is 13.3 Å². The number of esters is 1. The lowest BCUT2D eigenvalue weighted by Crippen LogP contribution is -2.07. The maximum absolute atomic E-state index is 11.7. The molecule has 4 heteroatoms. The van der Waals surface area contributed by atoms with Crippen LogP contribution in [0.25, 0.3) is 21.9 Å². The van der Waals surface area contributed by atoms with Gasteiger partial charge in [0.2, 0.25) is 0 Å². The van der Waals surface area contributed by atoms with Crippen LogP contribution in [-0.4, -0.2) is 12.6 Å². The highest BCUT2D eigenvalue weighted by Crippen LogP contribution is 2.32. The number of ether oxygens (including phenoxy) is 1. The maximum Gasteiger partial charge on any atom is 0.310 e. The third kappa shape index (κ3) is 2.34. The van der Waals surface area contributed by atoms with E-state index in [1.165, 1.54) is 0 Å². The van der Waals surface area contributed by atoms with Crippen LogP contribution < -0.4 is 0 Å². The Hall–Kier alpha value is -2.80. The Morgan fingerprint density at radius 1 is 1.29 bits per heavy atom. The molecule has 0 aliphatic rings. The van der Waals surface area contributed by atoms with E-state index in [4.69, 9.17) is 14.4 Å². The lowest BCUT2D eigenvalue weighted by molar-refractivity contribution is -0.142. The number of nitriles is 1. The van der Waals surface area contributed by atoms with E-state index in [0.29, 0.717) is 23.3 Å². The van der Waals surface area contributed by atoms with E-state index in [-0.39, 0.29) is 12.4 Å². The van der Waals surface area contributed by atoms with E-state index >= 15 is 0 Å². The van der Waals surface area contributed by atoms with E-state index in [2.05, 4.69) is 6.07 Å². The summed E-state index contributed by atoms with van der Waals surface area (Å²) in [6.45, 7) is 2.14. The highest BCUT2D eigenvalue weighted by atomic mass is 16.5.